The second kappa shape index (κ2) is 9.75. The molecule has 0 atom stereocenters. The van der Waals surface area contributed by atoms with E-state index in [0.29, 0.717) is 50.8 Å². The zero-order valence-electron chi connectivity index (χ0n) is 16.2. The van der Waals surface area contributed by atoms with Gasteiger partial charge in [0, 0.05) is 25.6 Å². The zero-order chi connectivity index (χ0) is 20.0. The third-order valence-electron chi connectivity index (χ3n) is 4.69. The summed E-state index contributed by atoms with van der Waals surface area (Å²) in [7, 11) is -3.63. The number of nitrogens with zero attached hydrogens (tertiary/aromatic N) is 1. The number of sulfonamides is 1. The first-order valence-electron chi connectivity index (χ1n) is 9.46. The zero-order valence-corrected chi connectivity index (χ0v) is 17.8. The number of hydrogen-bond donors (Lipinski definition) is 1. The van der Waals surface area contributed by atoms with Crippen LogP contribution in [0.15, 0.2) is 23.1 Å². The molecule has 0 saturated carbocycles. The predicted molar refractivity (Wildman–Crippen MR) is 107 cm³/mol. The van der Waals surface area contributed by atoms with Gasteiger partial charge in [-0.3, -0.25) is 4.79 Å². The Morgan fingerprint density at radius 1 is 1.33 bits per heavy atom. The van der Waals surface area contributed by atoms with Gasteiger partial charge in [0.15, 0.2) is 0 Å². The number of carbonyl (C=O) groups excluding carboxylic acids is 1. The molecule has 0 bridgehead atoms. The Hall–Kier alpha value is -1.31. The molecule has 0 aliphatic carbocycles. The lowest BCUT2D eigenvalue weighted by atomic mass is 9.97. The first kappa shape index (κ1) is 22.0. The molecule has 1 aromatic rings. The highest BCUT2D eigenvalue weighted by Gasteiger charge is 2.32. The van der Waals surface area contributed by atoms with Crippen LogP contribution in [0.4, 0.5) is 0 Å². The van der Waals surface area contributed by atoms with Crippen molar-refractivity contribution >= 4 is 27.5 Å². The number of amides is 1. The third kappa shape index (κ3) is 5.83. The summed E-state index contributed by atoms with van der Waals surface area (Å²) >= 11 is 6.13. The van der Waals surface area contributed by atoms with Gasteiger partial charge in [-0.15, -0.1) is 0 Å². The quantitative estimate of drug-likeness (QED) is 0.705. The van der Waals surface area contributed by atoms with Crippen molar-refractivity contribution in [2.75, 3.05) is 26.2 Å². The number of carbonyl (C=O) groups is 1. The molecule has 2 rings (SSSR count). The van der Waals surface area contributed by atoms with E-state index in [1.54, 1.807) is 6.07 Å². The lowest BCUT2D eigenvalue weighted by Crippen LogP contribution is -2.43. The SMILES string of the molecule is CCOc1ccc(S(=O)(=O)N2CCC(C(=O)NCCC(C)C)CC2)cc1Cl. The standard InChI is InChI=1S/C19H29ClN2O4S/c1-4-26-18-6-5-16(13-17(18)20)27(24,25)22-11-8-15(9-12-22)19(23)21-10-7-14(2)3/h5-6,13-15H,4,7-12H2,1-3H3,(H,21,23). The van der Waals surface area contributed by atoms with E-state index in [9.17, 15) is 13.2 Å². The van der Waals surface area contributed by atoms with Crippen LogP contribution in [0, 0.1) is 11.8 Å². The number of hydrogen-bond acceptors (Lipinski definition) is 4. The van der Waals surface area contributed by atoms with E-state index in [4.69, 9.17) is 16.3 Å². The largest absolute Gasteiger partial charge is 0.492 e. The van der Waals surface area contributed by atoms with Crippen LogP contribution in [0.2, 0.25) is 5.02 Å². The second-order valence-electron chi connectivity index (χ2n) is 7.18. The number of nitrogens with one attached hydrogen (secondary N) is 1. The van der Waals surface area contributed by atoms with Gasteiger partial charge in [-0.1, -0.05) is 25.4 Å². The van der Waals surface area contributed by atoms with Crippen LogP contribution in [-0.2, 0) is 14.8 Å². The number of rotatable bonds is 8. The Morgan fingerprint density at radius 3 is 2.56 bits per heavy atom. The van der Waals surface area contributed by atoms with E-state index in [-0.39, 0.29) is 21.7 Å². The molecule has 0 spiro atoms. The summed E-state index contributed by atoms with van der Waals surface area (Å²) in [5.74, 6) is 0.900. The lowest BCUT2D eigenvalue weighted by molar-refractivity contribution is -0.126. The smallest absolute Gasteiger partial charge is 0.243 e. The highest BCUT2D eigenvalue weighted by atomic mass is 35.5. The third-order valence-corrected chi connectivity index (χ3v) is 6.88. The average molecular weight is 417 g/mol. The molecule has 0 radical (unpaired) electrons. The van der Waals surface area contributed by atoms with Gasteiger partial charge in [0.05, 0.1) is 16.5 Å². The van der Waals surface area contributed by atoms with Gasteiger partial charge in [0.2, 0.25) is 15.9 Å². The fraction of sp³-hybridized carbons (Fsp3) is 0.632. The average Bonchev–Trinajstić information content (AvgIpc) is 2.63. The summed E-state index contributed by atoms with van der Waals surface area (Å²) in [6.45, 7) is 7.85. The molecule has 1 saturated heterocycles. The fourth-order valence-corrected chi connectivity index (χ4v) is 4.85. The molecular formula is C19H29ClN2O4S. The molecule has 1 aliphatic heterocycles. The van der Waals surface area contributed by atoms with Crippen molar-refractivity contribution in [1.82, 2.24) is 9.62 Å². The van der Waals surface area contributed by atoms with E-state index >= 15 is 0 Å². The summed E-state index contributed by atoms with van der Waals surface area (Å²) in [6.07, 6.45) is 1.99. The van der Waals surface area contributed by atoms with E-state index < -0.39 is 10.0 Å². The van der Waals surface area contributed by atoms with Crippen molar-refractivity contribution in [3.63, 3.8) is 0 Å². The molecule has 1 aromatic carbocycles. The molecule has 0 aromatic heterocycles. The van der Waals surface area contributed by atoms with Crippen molar-refractivity contribution in [3.05, 3.63) is 23.2 Å². The van der Waals surface area contributed by atoms with E-state index in [2.05, 4.69) is 19.2 Å². The highest BCUT2D eigenvalue weighted by Crippen LogP contribution is 2.30. The van der Waals surface area contributed by atoms with Crippen molar-refractivity contribution < 1.29 is 17.9 Å². The van der Waals surface area contributed by atoms with Gasteiger partial charge in [-0.05, 0) is 50.3 Å². The van der Waals surface area contributed by atoms with Crippen molar-refractivity contribution in [2.45, 2.75) is 44.9 Å². The summed E-state index contributed by atoms with van der Waals surface area (Å²) in [5.41, 5.74) is 0. The molecule has 27 heavy (non-hydrogen) atoms. The summed E-state index contributed by atoms with van der Waals surface area (Å²) in [4.78, 5) is 12.4. The molecule has 8 heteroatoms. The van der Waals surface area contributed by atoms with Crippen LogP contribution in [0.3, 0.4) is 0 Å². The van der Waals surface area contributed by atoms with Crippen molar-refractivity contribution in [1.29, 1.82) is 0 Å². The van der Waals surface area contributed by atoms with Crippen LogP contribution in [0.5, 0.6) is 5.75 Å². The Morgan fingerprint density at radius 2 is 2.00 bits per heavy atom. The Bertz CT molecular complexity index is 744. The van der Waals surface area contributed by atoms with E-state index in [0.717, 1.165) is 6.42 Å². The monoisotopic (exact) mass is 416 g/mol. The first-order chi connectivity index (χ1) is 12.8. The minimum atomic E-state index is -3.63. The molecule has 0 unspecified atom stereocenters. The Labute approximate surface area is 167 Å². The number of piperidine rings is 1. The Balaban J connectivity index is 1.96. The van der Waals surface area contributed by atoms with Crippen LogP contribution in [-0.4, -0.2) is 44.9 Å². The number of ether oxygens (including phenoxy) is 1. The summed E-state index contributed by atoms with van der Waals surface area (Å²) < 4.78 is 32.5. The Kier molecular flexibility index (Phi) is 7.94. The first-order valence-corrected chi connectivity index (χ1v) is 11.3. The van der Waals surface area contributed by atoms with E-state index in [1.807, 2.05) is 6.92 Å². The number of benzene rings is 1. The molecule has 1 heterocycles. The molecule has 1 aliphatic rings. The summed E-state index contributed by atoms with van der Waals surface area (Å²) in [5, 5.41) is 3.23. The highest BCUT2D eigenvalue weighted by molar-refractivity contribution is 7.89. The maximum Gasteiger partial charge on any atom is 0.243 e. The number of halogens is 1. The van der Waals surface area contributed by atoms with Crippen LogP contribution in [0.25, 0.3) is 0 Å². The van der Waals surface area contributed by atoms with Gasteiger partial charge >= 0.3 is 0 Å². The van der Waals surface area contributed by atoms with E-state index in [1.165, 1.54) is 16.4 Å². The van der Waals surface area contributed by atoms with Crippen LogP contribution in [0.1, 0.15) is 40.0 Å². The normalized spacial score (nSPS) is 16.5. The molecular weight excluding hydrogens is 388 g/mol. The molecule has 1 N–H and O–H groups in total. The molecule has 6 nitrogen and oxygen atoms in total. The maximum atomic E-state index is 12.9. The predicted octanol–water partition coefficient (Wildman–Crippen LogP) is 3.30. The summed E-state index contributed by atoms with van der Waals surface area (Å²) in [6, 6.07) is 4.51. The van der Waals surface area contributed by atoms with Crippen molar-refractivity contribution in [3.8, 4) is 5.75 Å². The maximum absolute atomic E-state index is 12.9. The minimum absolute atomic E-state index is 0.0248. The van der Waals surface area contributed by atoms with Crippen LogP contribution < -0.4 is 10.1 Å². The fourth-order valence-electron chi connectivity index (χ4n) is 3.05. The minimum Gasteiger partial charge on any atom is -0.492 e. The molecule has 1 fully saturated rings. The van der Waals surface area contributed by atoms with Crippen molar-refractivity contribution in [2.24, 2.45) is 11.8 Å². The molecule has 1 amide bonds. The van der Waals surface area contributed by atoms with Gasteiger partial charge in [-0.2, -0.15) is 4.31 Å². The van der Waals surface area contributed by atoms with Gasteiger partial charge in [-0.25, -0.2) is 8.42 Å². The van der Waals surface area contributed by atoms with Gasteiger partial charge in [0.1, 0.15) is 5.75 Å². The second-order valence-corrected chi connectivity index (χ2v) is 9.52. The van der Waals surface area contributed by atoms with Gasteiger partial charge < -0.3 is 10.1 Å². The topological polar surface area (TPSA) is 75.7 Å². The van der Waals surface area contributed by atoms with Crippen LogP contribution >= 0.6 is 11.6 Å². The lowest BCUT2D eigenvalue weighted by Gasteiger charge is -2.30. The van der Waals surface area contributed by atoms with Gasteiger partial charge in [0.25, 0.3) is 0 Å². The molecule has 152 valence electrons.